The van der Waals surface area contributed by atoms with Crippen molar-refractivity contribution in [3.63, 3.8) is 0 Å². The van der Waals surface area contributed by atoms with Gasteiger partial charge in [0.15, 0.2) is 0 Å². The Morgan fingerprint density at radius 1 is 0.852 bits per heavy atom. The lowest BCUT2D eigenvalue weighted by atomic mass is 10.1. The van der Waals surface area contributed by atoms with E-state index in [0.29, 0.717) is 37.3 Å². The molecule has 1 saturated heterocycles. The maximum absolute atomic E-state index is 12.9. The number of piperazine rings is 1. The first kappa shape index (κ1) is 17.2. The highest BCUT2D eigenvalue weighted by Gasteiger charge is 2.26. The second-order valence-corrected chi connectivity index (χ2v) is 6.69. The molecule has 0 spiro atoms. The second kappa shape index (κ2) is 6.83. The normalized spacial score (nSPS) is 14.6. The van der Waals surface area contributed by atoms with Crippen LogP contribution in [0.2, 0.25) is 0 Å². The SMILES string of the molecule is Cc1nc2ccc(C(=O)N3CCN(C(=O)c4ccoc4)CC3)cc2nc1C. The molecule has 27 heavy (non-hydrogen) atoms. The summed E-state index contributed by atoms with van der Waals surface area (Å²) in [7, 11) is 0. The molecule has 1 fully saturated rings. The number of amides is 2. The number of hydrogen-bond donors (Lipinski definition) is 0. The van der Waals surface area contributed by atoms with E-state index in [2.05, 4.69) is 9.97 Å². The fourth-order valence-electron chi connectivity index (χ4n) is 3.23. The summed E-state index contributed by atoms with van der Waals surface area (Å²) in [5.41, 5.74) is 4.38. The number of carbonyl (C=O) groups excluding carboxylic acids is 2. The van der Waals surface area contributed by atoms with E-state index in [4.69, 9.17) is 4.42 Å². The highest BCUT2D eigenvalue weighted by molar-refractivity contribution is 5.98. The smallest absolute Gasteiger partial charge is 0.257 e. The molecule has 0 N–H and O–H groups in total. The summed E-state index contributed by atoms with van der Waals surface area (Å²) in [4.78, 5) is 37.8. The Morgan fingerprint density at radius 2 is 1.44 bits per heavy atom. The highest BCUT2D eigenvalue weighted by atomic mass is 16.3. The molecular weight excluding hydrogens is 344 g/mol. The average Bonchev–Trinajstić information content (AvgIpc) is 3.22. The van der Waals surface area contributed by atoms with Gasteiger partial charge in [-0.1, -0.05) is 0 Å². The number of furan rings is 1. The molecule has 2 amide bonds. The molecule has 2 aromatic heterocycles. The van der Waals surface area contributed by atoms with Crippen LogP contribution >= 0.6 is 0 Å². The van der Waals surface area contributed by atoms with E-state index in [9.17, 15) is 9.59 Å². The summed E-state index contributed by atoms with van der Waals surface area (Å²) in [5, 5.41) is 0. The van der Waals surface area contributed by atoms with E-state index >= 15 is 0 Å². The highest BCUT2D eigenvalue weighted by Crippen LogP contribution is 2.17. The molecule has 7 nitrogen and oxygen atoms in total. The Labute approximate surface area is 156 Å². The number of carbonyl (C=O) groups is 2. The summed E-state index contributed by atoms with van der Waals surface area (Å²) in [6.07, 6.45) is 2.93. The molecule has 0 saturated carbocycles. The minimum absolute atomic E-state index is 0.0488. The molecule has 0 radical (unpaired) electrons. The zero-order valence-electron chi connectivity index (χ0n) is 15.3. The van der Waals surface area contributed by atoms with Crippen molar-refractivity contribution < 1.29 is 14.0 Å². The van der Waals surface area contributed by atoms with Crippen LogP contribution in [0.5, 0.6) is 0 Å². The minimum Gasteiger partial charge on any atom is -0.472 e. The van der Waals surface area contributed by atoms with Gasteiger partial charge < -0.3 is 14.2 Å². The van der Waals surface area contributed by atoms with Gasteiger partial charge in [-0.25, -0.2) is 9.97 Å². The van der Waals surface area contributed by atoms with Gasteiger partial charge in [-0.05, 0) is 38.1 Å². The first-order chi connectivity index (χ1) is 13.0. The molecule has 7 heteroatoms. The van der Waals surface area contributed by atoms with Gasteiger partial charge in [0.05, 0.1) is 34.2 Å². The van der Waals surface area contributed by atoms with E-state index in [-0.39, 0.29) is 11.8 Å². The van der Waals surface area contributed by atoms with Crippen LogP contribution in [0.3, 0.4) is 0 Å². The Bertz CT molecular complexity index is 1010. The number of rotatable bonds is 2. The van der Waals surface area contributed by atoms with Gasteiger partial charge in [-0.3, -0.25) is 9.59 Å². The predicted octanol–water partition coefficient (Wildman–Crippen LogP) is 2.44. The van der Waals surface area contributed by atoms with Crippen LogP contribution in [0.1, 0.15) is 32.1 Å². The fraction of sp³-hybridized carbons (Fsp3) is 0.300. The van der Waals surface area contributed by atoms with Gasteiger partial charge in [0.2, 0.25) is 0 Å². The quantitative estimate of drug-likeness (QED) is 0.698. The molecular formula is C20H20N4O3. The van der Waals surface area contributed by atoms with Crippen molar-refractivity contribution in [3.8, 4) is 0 Å². The number of benzene rings is 1. The minimum atomic E-state index is -0.0670. The zero-order valence-corrected chi connectivity index (χ0v) is 15.3. The maximum atomic E-state index is 12.9. The number of aryl methyl sites for hydroxylation is 2. The molecule has 3 heterocycles. The molecule has 0 aliphatic carbocycles. The molecule has 0 bridgehead atoms. The number of aromatic nitrogens is 2. The number of nitrogens with zero attached hydrogens (tertiary/aromatic N) is 4. The molecule has 1 aromatic carbocycles. The van der Waals surface area contributed by atoms with E-state index in [1.165, 1.54) is 12.5 Å². The van der Waals surface area contributed by atoms with Crippen molar-refractivity contribution in [2.45, 2.75) is 13.8 Å². The van der Waals surface area contributed by atoms with E-state index in [0.717, 1.165) is 22.4 Å². The number of fused-ring (bicyclic) bond motifs is 1. The molecule has 0 unspecified atom stereocenters. The van der Waals surface area contributed by atoms with Crippen LogP contribution in [0.15, 0.2) is 41.2 Å². The third kappa shape index (κ3) is 3.28. The Kier molecular flexibility index (Phi) is 4.35. The summed E-state index contributed by atoms with van der Waals surface area (Å²) >= 11 is 0. The van der Waals surface area contributed by atoms with Crippen molar-refractivity contribution in [3.05, 3.63) is 59.3 Å². The topological polar surface area (TPSA) is 79.5 Å². The lowest BCUT2D eigenvalue weighted by Gasteiger charge is -2.34. The van der Waals surface area contributed by atoms with Gasteiger partial charge in [-0.2, -0.15) is 0 Å². The van der Waals surface area contributed by atoms with Crippen LogP contribution in [-0.4, -0.2) is 57.8 Å². The van der Waals surface area contributed by atoms with E-state index < -0.39 is 0 Å². The molecule has 138 valence electrons. The zero-order chi connectivity index (χ0) is 19.0. The average molecular weight is 364 g/mol. The van der Waals surface area contributed by atoms with Crippen molar-refractivity contribution in [2.24, 2.45) is 0 Å². The monoisotopic (exact) mass is 364 g/mol. The lowest BCUT2D eigenvalue weighted by molar-refractivity contribution is 0.0535. The largest absolute Gasteiger partial charge is 0.472 e. The van der Waals surface area contributed by atoms with E-state index in [1.807, 2.05) is 19.9 Å². The molecule has 0 atom stereocenters. The fourth-order valence-corrected chi connectivity index (χ4v) is 3.23. The second-order valence-electron chi connectivity index (χ2n) is 6.69. The third-order valence-electron chi connectivity index (χ3n) is 4.94. The summed E-state index contributed by atoms with van der Waals surface area (Å²) < 4.78 is 4.97. The number of hydrogen-bond acceptors (Lipinski definition) is 5. The van der Waals surface area contributed by atoms with Crippen LogP contribution in [0.4, 0.5) is 0 Å². The van der Waals surface area contributed by atoms with Crippen molar-refractivity contribution >= 4 is 22.8 Å². The summed E-state index contributed by atoms with van der Waals surface area (Å²) in [6, 6.07) is 7.07. The van der Waals surface area contributed by atoms with Crippen LogP contribution in [0, 0.1) is 13.8 Å². The van der Waals surface area contributed by atoms with Gasteiger partial charge >= 0.3 is 0 Å². The van der Waals surface area contributed by atoms with Crippen molar-refractivity contribution in [1.29, 1.82) is 0 Å². The standard InChI is InChI=1S/C20H20N4O3/c1-13-14(2)22-18-11-15(3-4-17(18)21-13)19(25)23-6-8-24(9-7-23)20(26)16-5-10-27-12-16/h3-5,10-12H,6-9H2,1-2H3. The Hall–Kier alpha value is -3.22. The van der Waals surface area contributed by atoms with Crippen LogP contribution in [0.25, 0.3) is 11.0 Å². The van der Waals surface area contributed by atoms with Gasteiger partial charge in [0.25, 0.3) is 11.8 Å². The predicted molar refractivity (Wildman–Crippen MR) is 99.5 cm³/mol. The van der Waals surface area contributed by atoms with Gasteiger partial charge in [0, 0.05) is 31.7 Å². The van der Waals surface area contributed by atoms with Gasteiger partial charge in [0.1, 0.15) is 6.26 Å². The van der Waals surface area contributed by atoms with Gasteiger partial charge in [-0.15, -0.1) is 0 Å². The summed E-state index contributed by atoms with van der Waals surface area (Å²) in [6.45, 7) is 5.83. The molecule has 1 aliphatic heterocycles. The molecule has 4 rings (SSSR count). The van der Waals surface area contributed by atoms with Crippen LogP contribution in [-0.2, 0) is 0 Å². The lowest BCUT2D eigenvalue weighted by Crippen LogP contribution is -2.50. The first-order valence-electron chi connectivity index (χ1n) is 8.88. The first-order valence-corrected chi connectivity index (χ1v) is 8.88. The molecule has 3 aromatic rings. The van der Waals surface area contributed by atoms with Crippen LogP contribution < -0.4 is 0 Å². The molecule has 1 aliphatic rings. The van der Waals surface area contributed by atoms with Crippen molar-refractivity contribution in [1.82, 2.24) is 19.8 Å². The Morgan fingerprint density at radius 3 is 2.04 bits per heavy atom. The Balaban J connectivity index is 1.47. The maximum Gasteiger partial charge on any atom is 0.257 e. The van der Waals surface area contributed by atoms with Crippen molar-refractivity contribution in [2.75, 3.05) is 26.2 Å². The summed E-state index contributed by atoms with van der Waals surface area (Å²) in [5.74, 6) is -0.116. The van der Waals surface area contributed by atoms with E-state index in [1.54, 1.807) is 28.0 Å². The third-order valence-corrected chi connectivity index (χ3v) is 4.94.